The normalized spacial score (nSPS) is 9.89. The van der Waals surface area contributed by atoms with E-state index in [1.165, 1.54) is 6.07 Å². The first kappa shape index (κ1) is 13.8. The fourth-order valence-corrected chi connectivity index (χ4v) is 1.40. The van der Waals surface area contributed by atoms with E-state index in [0.29, 0.717) is 24.2 Å². The highest BCUT2D eigenvalue weighted by Crippen LogP contribution is 2.32. The number of carboxylic acid groups (broad SMARTS) is 2. The smallest absolute Gasteiger partial charge is 0.449 e. The summed E-state index contributed by atoms with van der Waals surface area (Å²) >= 11 is 0. The summed E-state index contributed by atoms with van der Waals surface area (Å²) in [6.07, 6.45) is -2.13. The Kier molecular flexibility index (Phi) is 4.47. The molecule has 0 saturated heterocycles. The van der Waals surface area contributed by atoms with Crippen molar-refractivity contribution in [3.05, 3.63) is 17.5 Å². The van der Waals surface area contributed by atoms with E-state index in [0.717, 1.165) is 0 Å². The molecule has 0 atom stereocenters. The SMILES string of the molecule is CCc1cc(OC(=O)O)c(OC(=O)O)c(CC)n1. The molecular weight excluding hydrogens is 242 g/mol. The molecule has 0 aliphatic carbocycles. The third kappa shape index (κ3) is 3.34. The lowest BCUT2D eigenvalue weighted by atomic mass is 10.2. The minimum absolute atomic E-state index is 0.159. The Hall–Kier alpha value is -2.31. The molecule has 18 heavy (non-hydrogen) atoms. The number of pyridine rings is 1. The molecule has 1 aromatic heterocycles. The summed E-state index contributed by atoms with van der Waals surface area (Å²) < 4.78 is 9.05. The van der Waals surface area contributed by atoms with Crippen LogP contribution >= 0.6 is 0 Å². The van der Waals surface area contributed by atoms with Crippen LogP contribution in [0.3, 0.4) is 0 Å². The topological polar surface area (TPSA) is 106 Å². The fraction of sp³-hybridized carbons (Fsp3) is 0.364. The van der Waals surface area contributed by atoms with Gasteiger partial charge in [-0.15, -0.1) is 0 Å². The number of aromatic nitrogens is 1. The van der Waals surface area contributed by atoms with Gasteiger partial charge in [0.2, 0.25) is 0 Å². The van der Waals surface area contributed by atoms with Gasteiger partial charge in [0, 0.05) is 11.8 Å². The summed E-state index contributed by atoms with van der Waals surface area (Å²) in [6, 6.07) is 1.35. The molecule has 7 nitrogen and oxygen atoms in total. The molecule has 1 aromatic rings. The van der Waals surface area contributed by atoms with Crippen molar-refractivity contribution < 1.29 is 29.3 Å². The molecule has 0 aliphatic heterocycles. The van der Waals surface area contributed by atoms with Crippen LogP contribution in [0.4, 0.5) is 9.59 Å². The predicted octanol–water partition coefficient (Wildman–Crippen LogP) is 2.32. The van der Waals surface area contributed by atoms with E-state index >= 15 is 0 Å². The van der Waals surface area contributed by atoms with E-state index in [1.54, 1.807) is 6.92 Å². The molecule has 0 fully saturated rings. The van der Waals surface area contributed by atoms with Gasteiger partial charge in [-0.25, -0.2) is 9.59 Å². The zero-order valence-electron chi connectivity index (χ0n) is 9.97. The number of rotatable bonds is 4. The van der Waals surface area contributed by atoms with Crippen LogP contribution in [-0.2, 0) is 12.8 Å². The van der Waals surface area contributed by atoms with Gasteiger partial charge in [-0.3, -0.25) is 4.98 Å². The molecule has 0 saturated carbocycles. The first-order valence-electron chi connectivity index (χ1n) is 5.32. The highest BCUT2D eigenvalue weighted by atomic mass is 16.7. The molecule has 0 amide bonds. The number of hydrogen-bond acceptors (Lipinski definition) is 5. The third-order valence-electron chi connectivity index (χ3n) is 2.15. The number of nitrogens with zero attached hydrogens (tertiary/aromatic N) is 1. The van der Waals surface area contributed by atoms with Gasteiger partial charge < -0.3 is 19.7 Å². The van der Waals surface area contributed by atoms with E-state index in [4.69, 9.17) is 10.2 Å². The monoisotopic (exact) mass is 255 g/mol. The second-order valence-corrected chi connectivity index (χ2v) is 3.33. The Balaban J connectivity index is 3.31. The van der Waals surface area contributed by atoms with E-state index in [9.17, 15) is 9.59 Å². The van der Waals surface area contributed by atoms with Crippen molar-refractivity contribution >= 4 is 12.3 Å². The van der Waals surface area contributed by atoms with Gasteiger partial charge >= 0.3 is 12.3 Å². The van der Waals surface area contributed by atoms with Crippen LogP contribution in [0.2, 0.25) is 0 Å². The van der Waals surface area contributed by atoms with Crippen LogP contribution in [0, 0.1) is 0 Å². The summed E-state index contributed by atoms with van der Waals surface area (Å²) in [6.45, 7) is 3.59. The van der Waals surface area contributed by atoms with Gasteiger partial charge in [0.1, 0.15) is 0 Å². The minimum Gasteiger partial charge on any atom is -0.449 e. The minimum atomic E-state index is -1.55. The molecule has 7 heteroatoms. The maximum absolute atomic E-state index is 10.6. The third-order valence-corrected chi connectivity index (χ3v) is 2.15. The molecule has 0 unspecified atom stereocenters. The quantitative estimate of drug-likeness (QED) is 0.795. The zero-order chi connectivity index (χ0) is 13.7. The Bertz CT molecular complexity index is 471. The second-order valence-electron chi connectivity index (χ2n) is 3.33. The fourth-order valence-electron chi connectivity index (χ4n) is 1.40. The molecule has 0 bridgehead atoms. The molecule has 0 aromatic carbocycles. The van der Waals surface area contributed by atoms with E-state index < -0.39 is 12.3 Å². The Morgan fingerprint density at radius 1 is 1.17 bits per heavy atom. The lowest BCUT2D eigenvalue weighted by Gasteiger charge is -2.12. The van der Waals surface area contributed by atoms with Crippen LogP contribution in [0.5, 0.6) is 11.5 Å². The zero-order valence-corrected chi connectivity index (χ0v) is 9.97. The molecule has 1 rings (SSSR count). The van der Waals surface area contributed by atoms with Crippen molar-refractivity contribution in [3.8, 4) is 11.5 Å². The standard InChI is InChI=1S/C11H13NO6/c1-3-6-5-8(17-10(13)14)9(18-11(15)16)7(4-2)12-6/h5H,3-4H2,1-2H3,(H,13,14)(H,15,16). The van der Waals surface area contributed by atoms with Gasteiger partial charge in [-0.2, -0.15) is 0 Å². The molecule has 1 heterocycles. The highest BCUT2D eigenvalue weighted by molar-refractivity contribution is 5.67. The molecule has 2 N–H and O–H groups in total. The van der Waals surface area contributed by atoms with Crippen molar-refractivity contribution in [1.29, 1.82) is 0 Å². The van der Waals surface area contributed by atoms with Crippen LogP contribution in [0.1, 0.15) is 25.2 Å². The van der Waals surface area contributed by atoms with Crippen LogP contribution in [0.25, 0.3) is 0 Å². The number of carbonyl (C=O) groups is 2. The van der Waals surface area contributed by atoms with Crippen molar-refractivity contribution in [2.45, 2.75) is 26.7 Å². The number of aryl methyl sites for hydroxylation is 2. The lowest BCUT2D eigenvalue weighted by molar-refractivity contribution is 0.132. The molecule has 0 spiro atoms. The maximum atomic E-state index is 10.6. The summed E-state index contributed by atoms with van der Waals surface area (Å²) in [5, 5.41) is 17.2. The van der Waals surface area contributed by atoms with Gasteiger partial charge in [-0.05, 0) is 12.8 Å². The van der Waals surface area contributed by atoms with Crippen LogP contribution in [0.15, 0.2) is 6.07 Å². The van der Waals surface area contributed by atoms with Crippen molar-refractivity contribution in [1.82, 2.24) is 4.98 Å². The first-order valence-corrected chi connectivity index (χ1v) is 5.32. The van der Waals surface area contributed by atoms with E-state index in [2.05, 4.69) is 14.5 Å². The molecular formula is C11H13NO6. The van der Waals surface area contributed by atoms with Crippen molar-refractivity contribution in [2.75, 3.05) is 0 Å². The van der Waals surface area contributed by atoms with Crippen molar-refractivity contribution in [3.63, 3.8) is 0 Å². The van der Waals surface area contributed by atoms with Crippen molar-refractivity contribution in [2.24, 2.45) is 0 Å². The van der Waals surface area contributed by atoms with E-state index in [-0.39, 0.29) is 11.5 Å². The van der Waals surface area contributed by atoms with Gasteiger partial charge in [0.25, 0.3) is 0 Å². The Labute approximate surface area is 103 Å². The number of hydrogen-bond donors (Lipinski definition) is 2. The molecule has 0 aliphatic rings. The lowest BCUT2D eigenvalue weighted by Crippen LogP contribution is -2.12. The van der Waals surface area contributed by atoms with Crippen LogP contribution < -0.4 is 9.47 Å². The second kappa shape index (κ2) is 5.85. The summed E-state index contributed by atoms with van der Waals surface area (Å²) in [7, 11) is 0. The van der Waals surface area contributed by atoms with E-state index in [1.807, 2.05) is 6.92 Å². The van der Waals surface area contributed by atoms with Gasteiger partial charge in [-0.1, -0.05) is 13.8 Å². The van der Waals surface area contributed by atoms with Crippen LogP contribution in [-0.4, -0.2) is 27.5 Å². The first-order chi connectivity index (χ1) is 8.47. The average Bonchev–Trinajstić information content (AvgIpc) is 2.29. The summed E-state index contributed by atoms with van der Waals surface area (Å²) in [5.41, 5.74) is 0.939. The molecule has 0 radical (unpaired) electrons. The number of ether oxygens (including phenoxy) is 2. The van der Waals surface area contributed by atoms with Gasteiger partial charge in [0.15, 0.2) is 11.5 Å². The maximum Gasteiger partial charge on any atom is 0.511 e. The Morgan fingerprint density at radius 2 is 1.78 bits per heavy atom. The Morgan fingerprint density at radius 3 is 2.22 bits per heavy atom. The summed E-state index contributed by atoms with van der Waals surface area (Å²) in [4.78, 5) is 25.3. The molecule has 98 valence electrons. The highest BCUT2D eigenvalue weighted by Gasteiger charge is 2.19. The van der Waals surface area contributed by atoms with Gasteiger partial charge in [0.05, 0.1) is 5.69 Å². The summed E-state index contributed by atoms with van der Waals surface area (Å²) in [5.74, 6) is -0.335. The predicted molar refractivity (Wildman–Crippen MR) is 60.3 cm³/mol. The largest absolute Gasteiger partial charge is 0.511 e. The average molecular weight is 255 g/mol.